The number of nitriles is 1. The minimum atomic E-state index is -2.84. The zero-order valence-electron chi connectivity index (χ0n) is 37.2. The van der Waals surface area contributed by atoms with Gasteiger partial charge >= 0.3 is 0 Å². The van der Waals surface area contributed by atoms with Crippen LogP contribution < -0.4 is 14.8 Å². The first kappa shape index (κ1) is 47.0. The van der Waals surface area contributed by atoms with Gasteiger partial charge in [0.15, 0.2) is 17.0 Å². The fourth-order valence-corrected chi connectivity index (χ4v) is 12.9. The van der Waals surface area contributed by atoms with Gasteiger partial charge in [0.2, 0.25) is 8.32 Å². The van der Waals surface area contributed by atoms with Gasteiger partial charge in [-0.15, -0.1) is 0 Å². The second kappa shape index (κ2) is 22.2. The van der Waals surface area contributed by atoms with E-state index in [2.05, 4.69) is 102 Å². The molecule has 0 spiro atoms. The van der Waals surface area contributed by atoms with Gasteiger partial charge in [-0.2, -0.15) is 5.26 Å². The summed E-state index contributed by atoms with van der Waals surface area (Å²) in [4.78, 5) is 26.6. The zero-order chi connectivity index (χ0) is 44.8. The van der Waals surface area contributed by atoms with Gasteiger partial charge in [-0.25, -0.2) is 15.0 Å². The molecule has 63 heavy (non-hydrogen) atoms. The summed E-state index contributed by atoms with van der Waals surface area (Å²) in [5, 5.41) is 12.3. The molecule has 2 unspecified atom stereocenters. The number of amides is 1. The lowest BCUT2D eigenvalue weighted by Gasteiger charge is -2.41. The molecule has 2 atom stereocenters. The Balaban J connectivity index is 1.35. The highest BCUT2D eigenvalue weighted by molar-refractivity contribution is 7.49. The molecular formula is C48H58N7O6PSi. The van der Waals surface area contributed by atoms with Crippen LogP contribution in [-0.2, 0) is 25.8 Å². The summed E-state index contributed by atoms with van der Waals surface area (Å²) >= 11 is 0. The number of hydrogen-bond donors (Lipinski definition) is 1. The zero-order valence-corrected chi connectivity index (χ0v) is 39.1. The normalized spacial score (nSPS) is 13.2. The molecule has 6 aromatic rings. The van der Waals surface area contributed by atoms with E-state index in [1.54, 1.807) is 32.7 Å². The summed E-state index contributed by atoms with van der Waals surface area (Å²) in [5.41, 5.74) is 3.45. The summed E-state index contributed by atoms with van der Waals surface area (Å²) in [5.74, 6) is 1.56. The maximum atomic E-state index is 13.0. The Hall–Kier alpha value is -5.52. The van der Waals surface area contributed by atoms with E-state index in [0.29, 0.717) is 54.7 Å². The number of benzene rings is 4. The van der Waals surface area contributed by atoms with Crippen molar-refractivity contribution in [3.63, 3.8) is 0 Å². The van der Waals surface area contributed by atoms with Crippen molar-refractivity contribution in [1.29, 1.82) is 5.26 Å². The molecule has 0 saturated carbocycles. The van der Waals surface area contributed by atoms with Crippen molar-refractivity contribution in [3.8, 4) is 17.6 Å². The molecule has 0 aliphatic rings. The molecule has 0 aliphatic carbocycles. The number of imidazole rings is 1. The Morgan fingerprint density at radius 3 is 2.00 bits per heavy atom. The molecular weight excluding hydrogens is 830 g/mol. The smallest absolute Gasteiger partial charge is 0.256 e. The molecule has 0 aliphatic heterocycles. The monoisotopic (exact) mass is 887 g/mol. The minimum Gasteiger partial charge on any atom is -0.497 e. The third-order valence-corrected chi connectivity index (χ3v) is 16.4. The number of anilines is 1. The summed E-state index contributed by atoms with van der Waals surface area (Å²) in [6, 6.07) is 38.7. The molecule has 4 aromatic carbocycles. The minimum absolute atomic E-state index is 0.195. The Morgan fingerprint density at radius 1 is 0.841 bits per heavy atom. The molecule has 0 saturated heterocycles. The van der Waals surface area contributed by atoms with Crippen LogP contribution in [0.5, 0.6) is 11.5 Å². The fraction of sp³-hybridized carbons (Fsp3) is 0.354. The number of fused-ring (bicyclic) bond motifs is 1. The quantitative estimate of drug-likeness (QED) is 0.0284. The van der Waals surface area contributed by atoms with Crippen LogP contribution in [0.1, 0.15) is 67.6 Å². The fourth-order valence-electron chi connectivity index (χ4n) is 7.74. The summed E-state index contributed by atoms with van der Waals surface area (Å²) in [7, 11) is -0.737. The van der Waals surface area contributed by atoms with Crippen molar-refractivity contribution >= 4 is 39.5 Å². The van der Waals surface area contributed by atoms with Gasteiger partial charge in [0.25, 0.3) is 5.91 Å². The summed E-state index contributed by atoms with van der Waals surface area (Å²) in [6.07, 6.45) is 4.90. The molecule has 0 bridgehead atoms. The highest BCUT2D eigenvalue weighted by Gasteiger charge is 2.42. The predicted molar refractivity (Wildman–Crippen MR) is 250 cm³/mol. The Bertz CT molecular complexity index is 2340. The lowest BCUT2D eigenvalue weighted by molar-refractivity contribution is 0.0320. The highest BCUT2D eigenvalue weighted by atomic mass is 31.2. The Morgan fingerprint density at radius 2 is 1.43 bits per heavy atom. The van der Waals surface area contributed by atoms with Crippen molar-refractivity contribution < 1.29 is 28.0 Å². The lowest BCUT2D eigenvalue weighted by Crippen LogP contribution is -2.46. The van der Waals surface area contributed by atoms with Crippen LogP contribution in [0.4, 0.5) is 5.82 Å². The predicted octanol–water partition coefficient (Wildman–Crippen LogP) is 9.94. The molecule has 0 radical (unpaired) electrons. The number of nitrogens with zero attached hydrogens (tertiary/aromatic N) is 6. The number of rotatable bonds is 23. The van der Waals surface area contributed by atoms with E-state index in [1.807, 2.05) is 65.2 Å². The van der Waals surface area contributed by atoms with Gasteiger partial charge in [0.1, 0.15) is 31.7 Å². The molecule has 2 aromatic heterocycles. The second-order valence-corrected chi connectivity index (χ2v) is 21.6. The van der Waals surface area contributed by atoms with E-state index in [4.69, 9.17) is 23.2 Å². The van der Waals surface area contributed by atoms with Gasteiger partial charge in [0.05, 0.1) is 52.2 Å². The van der Waals surface area contributed by atoms with Crippen molar-refractivity contribution in [2.75, 3.05) is 38.7 Å². The molecule has 13 nitrogen and oxygen atoms in total. The van der Waals surface area contributed by atoms with Gasteiger partial charge in [0, 0.05) is 24.2 Å². The van der Waals surface area contributed by atoms with E-state index in [1.165, 1.54) is 6.33 Å². The molecule has 1 amide bonds. The maximum Gasteiger partial charge on any atom is 0.256 e. The third-order valence-electron chi connectivity index (χ3n) is 10.8. The molecule has 0 fully saturated rings. The maximum absolute atomic E-state index is 13.0. The number of aryl methyl sites for hydroxylation is 1. The van der Waals surface area contributed by atoms with Crippen LogP contribution in [0.3, 0.4) is 0 Å². The third kappa shape index (κ3) is 11.5. The van der Waals surface area contributed by atoms with Crippen molar-refractivity contribution in [2.45, 2.75) is 77.4 Å². The van der Waals surface area contributed by atoms with E-state index in [-0.39, 0.29) is 18.0 Å². The molecule has 15 heteroatoms. The van der Waals surface area contributed by atoms with Gasteiger partial charge < -0.3 is 33.0 Å². The first-order valence-electron chi connectivity index (χ1n) is 21.2. The van der Waals surface area contributed by atoms with Crippen molar-refractivity contribution in [2.24, 2.45) is 0 Å². The van der Waals surface area contributed by atoms with Crippen LogP contribution in [0.25, 0.3) is 11.2 Å². The van der Waals surface area contributed by atoms with Crippen LogP contribution in [-0.4, -0.2) is 83.9 Å². The number of aromatic nitrogens is 4. The standard InChI is InChI=1S/C48H58N7O6PSi/c1-36(2)55(37(3)4)62(60-30-14-28-49)34-61-63(7,31-15-29-54-33-52-44-45(50-32-51-46(44)54)53-47(56)38-16-10-8-11-17-38)35-59-48(39-18-12-9-13-19-39,40-20-24-42(57-5)25-21-40)41-22-26-43(58-6)27-23-41/h8-13,16-27,32-33,36-37H,14-15,29-31,34-35H2,1-7H3,(H,50,51,53,56). The van der Waals surface area contributed by atoms with Crippen LogP contribution in [0.15, 0.2) is 122 Å². The number of hydrogen-bond acceptors (Lipinski definition) is 11. The van der Waals surface area contributed by atoms with Crippen LogP contribution >= 0.6 is 8.30 Å². The van der Waals surface area contributed by atoms with Gasteiger partial charge in [-0.05, 0) is 99.8 Å². The second-order valence-electron chi connectivity index (χ2n) is 15.9. The largest absolute Gasteiger partial charge is 0.497 e. The van der Waals surface area contributed by atoms with Crippen LogP contribution in [0.2, 0.25) is 12.6 Å². The topological polar surface area (TPSA) is 146 Å². The average Bonchev–Trinajstić information content (AvgIpc) is 3.73. The van der Waals surface area contributed by atoms with E-state index in [0.717, 1.165) is 40.7 Å². The number of ether oxygens (including phenoxy) is 3. The van der Waals surface area contributed by atoms with E-state index < -0.39 is 22.2 Å². The SMILES string of the molecule is COc1ccc(C(OC[Si](C)(CCCn2cnc3c(NC(=O)c4ccccc4)ncnc32)OCP(OCCC#N)N(C(C)C)C(C)C)(c2ccccc2)c2ccc(OC)cc2)cc1. The number of carbonyl (C=O) groups excluding carboxylic acids is 1. The molecule has 2 heterocycles. The first-order chi connectivity index (χ1) is 30.5. The number of methoxy groups -OCH3 is 2. The Labute approximate surface area is 373 Å². The molecule has 1 N–H and O–H groups in total. The van der Waals surface area contributed by atoms with E-state index in [9.17, 15) is 10.1 Å². The van der Waals surface area contributed by atoms with Gasteiger partial charge in [-0.1, -0.05) is 72.8 Å². The van der Waals surface area contributed by atoms with Gasteiger partial charge in [-0.3, -0.25) is 9.46 Å². The first-order valence-corrected chi connectivity index (χ1v) is 25.4. The Kier molecular flexibility index (Phi) is 16.6. The summed E-state index contributed by atoms with van der Waals surface area (Å²) in [6.45, 7) is 11.8. The number of carbonyl (C=O) groups is 1. The lowest BCUT2D eigenvalue weighted by atomic mass is 9.80. The molecule has 330 valence electrons. The van der Waals surface area contributed by atoms with Crippen molar-refractivity contribution in [3.05, 3.63) is 144 Å². The number of nitrogens with one attached hydrogen (secondary N) is 1. The van der Waals surface area contributed by atoms with E-state index >= 15 is 0 Å². The average molecular weight is 888 g/mol. The highest BCUT2D eigenvalue weighted by Crippen LogP contribution is 2.47. The molecule has 6 rings (SSSR count). The summed E-state index contributed by atoms with van der Waals surface area (Å²) < 4.78 is 36.8. The van der Waals surface area contributed by atoms with Crippen molar-refractivity contribution in [1.82, 2.24) is 24.2 Å². The van der Waals surface area contributed by atoms with Crippen LogP contribution in [0, 0.1) is 11.3 Å².